The minimum atomic E-state index is 0.649. The van der Waals surface area contributed by atoms with E-state index in [0.29, 0.717) is 6.04 Å². The molecule has 0 amide bonds. The topological polar surface area (TPSA) is 28.2 Å². The lowest BCUT2D eigenvalue weighted by Crippen LogP contribution is -2.49. The molecule has 1 aliphatic rings. The van der Waals surface area contributed by atoms with Gasteiger partial charge in [0.2, 0.25) is 0 Å². The maximum atomic E-state index is 4.37. The van der Waals surface area contributed by atoms with E-state index in [2.05, 4.69) is 46.4 Å². The van der Waals surface area contributed by atoms with Gasteiger partial charge in [0.15, 0.2) is 0 Å². The molecule has 1 aromatic heterocycles. The van der Waals surface area contributed by atoms with Crippen molar-refractivity contribution in [3.63, 3.8) is 0 Å². The van der Waals surface area contributed by atoms with Gasteiger partial charge in [0, 0.05) is 43.8 Å². The molecule has 0 aliphatic carbocycles. The largest absolute Gasteiger partial charge is 0.311 e. The fraction of sp³-hybridized carbons (Fsp3) is 0.438. The molecule has 3 heteroatoms. The Balaban J connectivity index is 1.74. The van der Waals surface area contributed by atoms with Crippen LogP contribution in [0.1, 0.15) is 18.9 Å². The highest BCUT2D eigenvalue weighted by molar-refractivity contribution is 5.78. The summed E-state index contributed by atoms with van der Waals surface area (Å²) in [6.45, 7) is 6.70. The summed E-state index contributed by atoms with van der Waals surface area (Å²) in [5.74, 6) is 0. The molecular formula is C16H21N3. The summed E-state index contributed by atoms with van der Waals surface area (Å²) in [4.78, 5) is 6.91. The minimum absolute atomic E-state index is 0.649. The smallest absolute Gasteiger partial charge is 0.0702 e. The average Bonchev–Trinajstić information content (AvgIpc) is 2.47. The van der Waals surface area contributed by atoms with E-state index in [1.165, 1.54) is 17.4 Å². The lowest BCUT2D eigenvalue weighted by Gasteiger charge is -2.33. The number of hydrogen-bond acceptors (Lipinski definition) is 3. The number of nitrogens with zero attached hydrogens (tertiary/aromatic N) is 2. The molecule has 1 saturated heterocycles. The van der Waals surface area contributed by atoms with Gasteiger partial charge in [-0.3, -0.25) is 9.88 Å². The Morgan fingerprint density at radius 3 is 3.21 bits per heavy atom. The van der Waals surface area contributed by atoms with Crippen LogP contribution in [0.3, 0.4) is 0 Å². The number of hydrogen-bond donors (Lipinski definition) is 1. The van der Waals surface area contributed by atoms with Crippen LogP contribution in [0, 0.1) is 0 Å². The molecule has 0 saturated carbocycles. The summed E-state index contributed by atoms with van der Waals surface area (Å²) in [6.07, 6.45) is 3.06. The summed E-state index contributed by atoms with van der Waals surface area (Å²) in [6, 6.07) is 11.4. The maximum Gasteiger partial charge on any atom is 0.0702 e. The van der Waals surface area contributed by atoms with Crippen molar-refractivity contribution in [3.8, 4) is 0 Å². The van der Waals surface area contributed by atoms with E-state index in [1.807, 2.05) is 12.3 Å². The number of nitrogens with one attached hydrogen (secondary N) is 1. The first-order valence-corrected chi connectivity index (χ1v) is 7.14. The van der Waals surface area contributed by atoms with Crippen LogP contribution in [-0.4, -0.2) is 35.6 Å². The molecule has 2 heterocycles. The van der Waals surface area contributed by atoms with Gasteiger partial charge in [-0.05, 0) is 30.2 Å². The lowest BCUT2D eigenvalue weighted by molar-refractivity contribution is 0.190. The number of aromatic nitrogens is 1. The van der Waals surface area contributed by atoms with Crippen LogP contribution in [0.4, 0.5) is 0 Å². The summed E-state index contributed by atoms with van der Waals surface area (Å²) >= 11 is 0. The van der Waals surface area contributed by atoms with Crippen LogP contribution in [-0.2, 0) is 6.54 Å². The maximum absolute atomic E-state index is 4.37. The second-order valence-corrected chi connectivity index (χ2v) is 5.32. The van der Waals surface area contributed by atoms with Crippen LogP contribution in [0.2, 0.25) is 0 Å². The molecule has 0 radical (unpaired) electrons. The first-order chi connectivity index (χ1) is 9.35. The quantitative estimate of drug-likeness (QED) is 0.913. The monoisotopic (exact) mass is 255 g/mol. The van der Waals surface area contributed by atoms with Gasteiger partial charge in [0.1, 0.15) is 0 Å². The van der Waals surface area contributed by atoms with Gasteiger partial charge in [-0.1, -0.05) is 19.1 Å². The van der Waals surface area contributed by atoms with Gasteiger partial charge in [0.05, 0.1) is 5.52 Å². The van der Waals surface area contributed by atoms with E-state index >= 15 is 0 Å². The number of benzene rings is 1. The molecule has 19 heavy (non-hydrogen) atoms. The van der Waals surface area contributed by atoms with Crippen molar-refractivity contribution in [2.24, 2.45) is 0 Å². The fourth-order valence-electron chi connectivity index (χ4n) is 2.79. The Hall–Kier alpha value is -1.45. The third-order valence-corrected chi connectivity index (χ3v) is 3.91. The predicted molar refractivity (Wildman–Crippen MR) is 79.1 cm³/mol. The van der Waals surface area contributed by atoms with Gasteiger partial charge < -0.3 is 5.32 Å². The fourth-order valence-corrected chi connectivity index (χ4v) is 2.79. The van der Waals surface area contributed by atoms with Crippen LogP contribution in [0.5, 0.6) is 0 Å². The number of fused-ring (bicyclic) bond motifs is 1. The minimum Gasteiger partial charge on any atom is -0.311 e. The highest BCUT2D eigenvalue weighted by Gasteiger charge is 2.17. The first-order valence-electron chi connectivity index (χ1n) is 7.14. The van der Waals surface area contributed by atoms with Crippen molar-refractivity contribution in [1.29, 1.82) is 0 Å². The zero-order chi connectivity index (χ0) is 13.1. The van der Waals surface area contributed by atoms with Crippen molar-refractivity contribution in [2.45, 2.75) is 25.9 Å². The summed E-state index contributed by atoms with van der Waals surface area (Å²) in [5, 5.41) is 4.80. The molecule has 1 fully saturated rings. The Labute approximate surface area is 114 Å². The molecule has 1 unspecified atom stereocenters. The van der Waals surface area contributed by atoms with Gasteiger partial charge >= 0.3 is 0 Å². The first kappa shape index (κ1) is 12.6. The molecule has 100 valence electrons. The Bertz CT molecular complexity index is 552. The molecule has 0 bridgehead atoms. The lowest BCUT2D eigenvalue weighted by atomic mass is 10.1. The average molecular weight is 255 g/mol. The number of pyridine rings is 1. The zero-order valence-corrected chi connectivity index (χ0v) is 11.5. The van der Waals surface area contributed by atoms with Crippen molar-refractivity contribution >= 4 is 10.9 Å². The Morgan fingerprint density at radius 2 is 2.32 bits per heavy atom. The predicted octanol–water partition coefficient (Wildman–Crippen LogP) is 2.42. The highest BCUT2D eigenvalue weighted by atomic mass is 15.2. The molecule has 1 atom stereocenters. The van der Waals surface area contributed by atoms with Crippen molar-refractivity contribution in [1.82, 2.24) is 15.2 Å². The van der Waals surface area contributed by atoms with Gasteiger partial charge in [-0.15, -0.1) is 0 Å². The van der Waals surface area contributed by atoms with Crippen LogP contribution in [0.15, 0.2) is 36.5 Å². The normalized spacial score (nSPS) is 20.8. The zero-order valence-electron chi connectivity index (χ0n) is 11.5. The van der Waals surface area contributed by atoms with Crippen molar-refractivity contribution in [3.05, 3.63) is 42.1 Å². The van der Waals surface area contributed by atoms with Crippen molar-refractivity contribution in [2.75, 3.05) is 19.6 Å². The van der Waals surface area contributed by atoms with Gasteiger partial charge in [-0.2, -0.15) is 0 Å². The van der Waals surface area contributed by atoms with E-state index in [1.54, 1.807) is 0 Å². The molecule has 1 aromatic carbocycles. The molecule has 1 N–H and O–H groups in total. The van der Waals surface area contributed by atoms with Crippen LogP contribution in [0.25, 0.3) is 10.9 Å². The molecule has 3 rings (SSSR count). The van der Waals surface area contributed by atoms with E-state index in [9.17, 15) is 0 Å². The molecule has 0 spiro atoms. The van der Waals surface area contributed by atoms with Crippen LogP contribution >= 0.6 is 0 Å². The molecule has 2 aromatic rings. The van der Waals surface area contributed by atoms with Crippen molar-refractivity contribution < 1.29 is 0 Å². The third-order valence-electron chi connectivity index (χ3n) is 3.91. The SMILES string of the molecule is CCC1CN(Cc2ccc3ncccc3c2)CCN1. The summed E-state index contributed by atoms with van der Waals surface area (Å²) in [7, 11) is 0. The van der Waals surface area contributed by atoms with Crippen LogP contribution < -0.4 is 5.32 Å². The third kappa shape index (κ3) is 2.94. The Kier molecular flexibility index (Phi) is 3.76. The highest BCUT2D eigenvalue weighted by Crippen LogP contribution is 2.15. The second-order valence-electron chi connectivity index (χ2n) is 5.32. The molecular weight excluding hydrogens is 234 g/mol. The number of piperazine rings is 1. The number of rotatable bonds is 3. The van der Waals surface area contributed by atoms with E-state index in [0.717, 1.165) is 31.7 Å². The van der Waals surface area contributed by atoms with Gasteiger partial charge in [0.25, 0.3) is 0 Å². The van der Waals surface area contributed by atoms with E-state index in [4.69, 9.17) is 0 Å². The second kappa shape index (κ2) is 5.68. The molecule has 1 aliphatic heterocycles. The standard InChI is InChI=1S/C16H21N3/c1-2-15-12-19(9-8-17-15)11-13-5-6-16-14(10-13)4-3-7-18-16/h3-7,10,15,17H,2,8-9,11-12H2,1H3. The van der Waals surface area contributed by atoms with Gasteiger partial charge in [-0.25, -0.2) is 0 Å². The Morgan fingerprint density at radius 1 is 1.37 bits per heavy atom. The van der Waals surface area contributed by atoms with E-state index < -0.39 is 0 Å². The molecule has 3 nitrogen and oxygen atoms in total. The summed E-state index contributed by atoms with van der Waals surface area (Å²) in [5.41, 5.74) is 2.47. The van der Waals surface area contributed by atoms with E-state index in [-0.39, 0.29) is 0 Å². The summed E-state index contributed by atoms with van der Waals surface area (Å²) < 4.78 is 0.